The van der Waals surface area contributed by atoms with Gasteiger partial charge in [0.05, 0.1) is 11.5 Å². The average Bonchev–Trinajstić information content (AvgIpc) is 2.42. The van der Waals surface area contributed by atoms with Crippen molar-refractivity contribution in [3.05, 3.63) is 28.8 Å². The minimum absolute atomic E-state index is 0.151. The van der Waals surface area contributed by atoms with E-state index in [1.165, 1.54) is 0 Å². The molecule has 0 aromatic heterocycles. The Bertz CT molecular complexity index is 615. The summed E-state index contributed by atoms with van der Waals surface area (Å²) >= 11 is 6.05. The van der Waals surface area contributed by atoms with Crippen LogP contribution in [0.25, 0.3) is 0 Å². The Morgan fingerprint density at radius 3 is 2.70 bits per heavy atom. The van der Waals surface area contributed by atoms with Gasteiger partial charge in [0.25, 0.3) is 0 Å². The Balaban J connectivity index is 1.93. The number of fused-ring (bicyclic) bond motifs is 1. The molecule has 2 aliphatic rings. The zero-order valence-corrected chi connectivity index (χ0v) is 12.9. The minimum Gasteiger partial charge on any atom is -0.487 e. The fourth-order valence-corrected chi connectivity index (χ4v) is 4.87. The predicted molar refractivity (Wildman–Crippen MR) is 79.1 cm³/mol. The summed E-state index contributed by atoms with van der Waals surface area (Å²) in [7, 11) is -0.977. The van der Waals surface area contributed by atoms with Crippen LogP contribution >= 0.6 is 11.6 Å². The lowest BCUT2D eigenvalue weighted by Gasteiger charge is -2.44. The molecule has 1 saturated heterocycles. The lowest BCUT2D eigenvalue weighted by Crippen LogP contribution is -2.48. The van der Waals surface area contributed by atoms with Crippen LogP contribution in [0.5, 0.6) is 5.75 Å². The van der Waals surface area contributed by atoms with Gasteiger partial charge in [0.1, 0.15) is 11.4 Å². The fourth-order valence-electron chi connectivity index (χ4n) is 3.12. The standard InChI is InChI=1S/C14H18ClNO3S/c1-16-12-9-14(4-6-20(17,18)7-5-14)19-13-3-2-10(15)8-11(12)13/h2-3,8,12,16H,4-7,9H2,1H3. The first-order valence-electron chi connectivity index (χ1n) is 6.79. The normalized spacial score (nSPS) is 26.8. The molecule has 20 heavy (non-hydrogen) atoms. The van der Waals surface area contributed by atoms with E-state index in [9.17, 15) is 8.42 Å². The second kappa shape index (κ2) is 4.90. The van der Waals surface area contributed by atoms with E-state index in [4.69, 9.17) is 16.3 Å². The monoisotopic (exact) mass is 315 g/mol. The first kappa shape index (κ1) is 14.2. The lowest BCUT2D eigenvalue weighted by atomic mass is 9.83. The Hall–Kier alpha value is -0.780. The van der Waals surface area contributed by atoms with E-state index in [0.29, 0.717) is 17.9 Å². The smallest absolute Gasteiger partial charge is 0.150 e. The zero-order chi connectivity index (χ0) is 14.4. The summed E-state index contributed by atoms with van der Waals surface area (Å²) in [6, 6.07) is 5.76. The van der Waals surface area contributed by atoms with Crippen molar-refractivity contribution in [2.24, 2.45) is 0 Å². The third-order valence-electron chi connectivity index (χ3n) is 4.34. The average molecular weight is 316 g/mol. The Kier molecular flexibility index (Phi) is 3.47. The van der Waals surface area contributed by atoms with E-state index < -0.39 is 9.84 Å². The quantitative estimate of drug-likeness (QED) is 0.864. The van der Waals surface area contributed by atoms with Crippen molar-refractivity contribution >= 4 is 21.4 Å². The molecule has 2 heterocycles. The number of rotatable bonds is 1. The van der Waals surface area contributed by atoms with E-state index in [1.807, 2.05) is 25.2 Å². The highest BCUT2D eigenvalue weighted by Crippen LogP contribution is 2.45. The molecule has 4 nitrogen and oxygen atoms in total. The van der Waals surface area contributed by atoms with Crippen molar-refractivity contribution in [3.63, 3.8) is 0 Å². The number of benzene rings is 1. The molecule has 0 aliphatic carbocycles. The van der Waals surface area contributed by atoms with Gasteiger partial charge in [-0.3, -0.25) is 0 Å². The van der Waals surface area contributed by atoms with Crippen LogP contribution < -0.4 is 10.1 Å². The lowest BCUT2D eigenvalue weighted by molar-refractivity contribution is 0.0221. The van der Waals surface area contributed by atoms with Crippen molar-refractivity contribution in [1.82, 2.24) is 5.32 Å². The van der Waals surface area contributed by atoms with Gasteiger partial charge in [0, 0.05) is 35.9 Å². The number of sulfone groups is 1. The van der Waals surface area contributed by atoms with E-state index >= 15 is 0 Å². The molecule has 3 rings (SSSR count). The van der Waals surface area contributed by atoms with Crippen LogP contribution in [-0.2, 0) is 9.84 Å². The zero-order valence-electron chi connectivity index (χ0n) is 11.4. The van der Waals surface area contributed by atoms with Gasteiger partial charge >= 0.3 is 0 Å². The van der Waals surface area contributed by atoms with Gasteiger partial charge in [-0.15, -0.1) is 0 Å². The third-order valence-corrected chi connectivity index (χ3v) is 6.22. The first-order valence-corrected chi connectivity index (χ1v) is 8.99. The molecular weight excluding hydrogens is 298 g/mol. The van der Waals surface area contributed by atoms with Crippen molar-refractivity contribution in [2.45, 2.75) is 30.9 Å². The molecule has 2 aliphatic heterocycles. The summed E-state index contributed by atoms with van der Waals surface area (Å²) < 4.78 is 29.4. The summed E-state index contributed by atoms with van der Waals surface area (Å²) in [6.45, 7) is 0. The highest BCUT2D eigenvalue weighted by molar-refractivity contribution is 7.91. The van der Waals surface area contributed by atoms with Gasteiger partial charge in [-0.05, 0) is 25.2 Å². The van der Waals surface area contributed by atoms with Crippen LogP contribution in [0, 0.1) is 0 Å². The maximum Gasteiger partial charge on any atom is 0.150 e. The molecule has 1 unspecified atom stereocenters. The van der Waals surface area contributed by atoms with Crippen LogP contribution in [0.1, 0.15) is 30.9 Å². The van der Waals surface area contributed by atoms with Gasteiger partial charge in [0.2, 0.25) is 0 Å². The number of ether oxygens (including phenoxy) is 1. The number of nitrogens with one attached hydrogen (secondary N) is 1. The summed E-state index contributed by atoms with van der Waals surface area (Å²) in [5, 5.41) is 3.98. The molecule has 1 aromatic carbocycles. The van der Waals surface area contributed by atoms with Crippen molar-refractivity contribution in [3.8, 4) is 5.75 Å². The van der Waals surface area contributed by atoms with Crippen LogP contribution in [0.4, 0.5) is 0 Å². The maximum atomic E-state index is 11.6. The summed E-state index contributed by atoms with van der Waals surface area (Å²) in [6.07, 6.45) is 1.91. The molecule has 0 amide bonds. The third kappa shape index (κ3) is 2.54. The fraction of sp³-hybridized carbons (Fsp3) is 0.571. The molecule has 1 fully saturated rings. The van der Waals surface area contributed by atoms with Crippen molar-refractivity contribution < 1.29 is 13.2 Å². The predicted octanol–water partition coefficient (Wildman–Crippen LogP) is 2.33. The molecule has 0 radical (unpaired) electrons. The van der Waals surface area contributed by atoms with Gasteiger partial charge in [-0.25, -0.2) is 8.42 Å². The largest absolute Gasteiger partial charge is 0.487 e. The molecule has 1 atom stereocenters. The minimum atomic E-state index is -2.89. The second-order valence-electron chi connectivity index (χ2n) is 5.66. The molecule has 1 spiro atoms. The Labute approximate surface area is 124 Å². The SMILES string of the molecule is CNC1CC2(CCS(=O)(=O)CC2)Oc2ccc(Cl)cc21. The molecule has 0 bridgehead atoms. The molecule has 1 aromatic rings. The molecule has 6 heteroatoms. The van der Waals surface area contributed by atoms with Gasteiger partial charge < -0.3 is 10.1 Å². The summed E-state index contributed by atoms with van der Waals surface area (Å²) in [4.78, 5) is 0. The van der Waals surface area contributed by atoms with Crippen molar-refractivity contribution in [2.75, 3.05) is 18.6 Å². The van der Waals surface area contributed by atoms with Crippen LogP contribution in [0.15, 0.2) is 18.2 Å². The molecule has 110 valence electrons. The first-order chi connectivity index (χ1) is 9.43. The summed E-state index contributed by atoms with van der Waals surface area (Å²) in [5.74, 6) is 1.25. The van der Waals surface area contributed by atoms with Gasteiger partial charge in [-0.1, -0.05) is 11.6 Å². The van der Waals surface area contributed by atoms with Crippen LogP contribution in [0.3, 0.4) is 0 Å². The number of hydrogen-bond acceptors (Lipinski definition) is 4. The topological polar surface area (TPSA) is 55.4 Å². The number of halogens is 1. The maximum absolute atomic E-state index is 11.6. The number of hydrogen-bond donors (Lipinski definition) is 1. The van der Waals surface area contributed by atoms with E-state index in [0.717, 1.165) is 17.7 Å². The second-order valence-corrected chi connectivity index (χ2v) is 8.40. The van der Waals surface area contributed by atoms with E-state index in [1.54, 1.807) is 0 Å². The molecular formula is C14H18ClNO3S. The summed E-state index contributed by atoms with van der Waals surface area (Å²) in [5.41, 5.74) is 0.693. The molecule has 1 N–H and O–H groups in total. The van der Waals surface area contributed by atoms with E-state index in [2.05, 4.69) is 5.32 Å². The van der Waals surface area contributed by atoms with E-state index in [-0.39, 0.29) is 23.1 Å². The molecule has 0 saturated carbocycles. The highest BCUT2D eigenvalue weighted by Gasteiger charge is 2.44. The van der Waals surface area contributed by atoms with Crippen LogP contribution in [0.2, 0.25) is 5.02 Å². The highest BCUT2D eigenvalue weighted by atomic mass is 35.5. The Morgan fingerprint density at radius 2 is 2.05 bits per heavy atom. The van der Waals surface area contributed by atoms with Crippen LogP contribution in [-0.4, -0.2) is 32.6 Å². The van der Waals surface area contributed by atoms with Gasteiger partial charge in [0.15, 0.2) is 9.84 Å². The Morgan fingerprint density at radius 1 is 1.35 bits per heavy atom. The van der Waals surface area contributed by atoms with Gasteiger partial charge in [-0.2, -0.15) is 0 Å². The van der Waals surface area contributed by atoms with Crippen molar-refractivity contribution in [1.29, 1.82) is 0 Å².